The van der Waals surface area contributed by atoms with E-state index in [0.717, 1.165) is 41.2 Å². The zero-order valence-corrected chi connectivity index (χ0v) is 13.5. The third-order valence-electron chi connectivity index (χ3n) is 3.69. The lowest BCUT2D eigenvalue weighted by atomic mass is 10.1. The summed E-state index contributed by atoms with van der Waals surface area (Å²) in [5, 5.41) is 0. The van der Waals surface area contributed by atoms with Crippen LogP contribution in [-0.2, 0) is 0 Å². The average Bonchev–Trinajstić information content (AvgIpc) is 2.98. The Bertz CT molecular complexity index is 765. The molecule has 4 heteroatoms. The first kappa shape index (κ1) is 15.3. The monoisotopic (exact) mass is 307 g/mol. The van der Waals surface area contributed by atoms with Crippen molar-refractivity contribution in [2.45, 2.75) is 26.7 Å². The van der Waals surface area contributed by atoms with Crippen molar-refractivity contribution < 1.29 is 4.74 Å². The molecule has 0 saturated carbocycles. The molecule has 0 spiro atoms. The van der Waals surface area contributed by atoms with Gasteiger partial charge in [0, 0.05) is 17.5 Å². The van der Waals surface area contributed by atoms with Crippen LogP contribution in [0.15, 0.2) is 48.7 Å². The van der Waals surface area contributed by atoms with Crippen LogP contribution >= 0.6 is 0 Å². The molecule has 0 bridgehead atoms. The van der Waals surface area contributed by atoms with Crippen LogP contribution in [0.1, 0.15) is 25.5 Å². The lowest BCUT2D eigenvalue weighted by Gasteiger charge is -2.07. The van der Waals surface area contributed by atoms with Crippen LogP contribution in [-0.4, -0.2) is 21.6 Å². The van der Waals surface area contributed by atoms with Gasteiger partial charge >= 0.3 is 0 Å². The number of pyridine rings is 1. The number of rotatable bonds is 6. The van der Waals surface area contributed by atoms with Crippen molar-refractivity contribution in [3.8, 4) is 28.5 Å². The van der Waals surface area contributed by atoms with Crippen LogP contribution in [0.4, 0.5) is 0 Å². The van der Waals surface area contributed by atoms with Gasteiger partial charge < -0.3 is 9.72 Å². The Morgan fingerprint density at radius 2 is 1.91 bits per heavy atom. The number of hydrogen-bond acceptors (Lipinski definition) is 3. The van der Waals surface area contributed by atoms with Gasteiger partial charge in [0.1, 0.15) is 5.82 Å². The summed E-state index contributed by atoms with van der Waals surface area (Å²) in [6, 6.07) is 14.1. The van der Waals surface area contributed by atoms with Gasteiger partial charge in [0.25, 0.3) is 0 Å². The third-order valence-corrected chi connectivity index (χ3v) is 3.69. The van der Waals surface area contributed by atoms with Gasteiger partial charge in [-0.05, 0) is 25.5 Å². The summed E-state index contributed by atoms with van der Waals surface area (Å²) in [6.07, 6.45) is 3.86. The fourth-order valence-corrected chi connectivity index (χ4v) is 2.46. The predicted molar refractivity (Wildman–Crippen MR) is 92.4 cm³/mol. The van der Waals surface area contributed by atoms with Gasteiger partial charge in [0.05, 0.1) is 17.9 Å². The summed E-state index contributed by atoms with van der Waals surface area (Å²) in [4.78, 5) is 12.5. The third kappa shape index (κ3) is 3.42. The molecular weight excluding hydrogens is 286 g/mol. The molecule has 3 aromatic rings. The highest BCUT2D eigenvalue weighted by molar-refractivity contribution is 5.69. The van der Waals surface area contributed by atoms with E-state index in [2.05, 4.69) is 29.0 Å². The summed E-state index contributed by atoms with van der Waals surface area (Å²) in [5.41, 5.74) is 4.00. The minimum Gasteiger partial charge on any atom is -0.477 e. The van der Waals surface area contributed by atoms with Crippen molar-refractivity contribution in [3.63, 3.8) is 0 Å². The van der Waals surface area contributed by atoms with Crippen molar-refractivity contribution in [1.82, 2.24) is 15.0 Å². The van der Waals surface area contributed by atoms with Crippen LogP contribution in [0.5, 0.6) is 5.88 Å². The van der Waals surface area contributed by atoms with E-state index in [4.69, 9.17) is 9.72 Å². The largest absolute Gasteiger partial charge is 0.477 e. The number of imidazole rings is 1. The van der Waals surface area contributed by atoms with E-state index in [0.29, 0.717) is 12.5 Å². The SMILES string of the molecule is CCCCOc1ncccc1-c1nc(-c2ccccc2)c(C)[nH]1. The standard InChI is InChI=1S/C19H21N3O/c1-3-4-13-23-19-16(11-8-12-20-19)18-21-14(2)17(22-18)15-9-6-5-7-10-15/h5-12H,3-4,13H2,1-2H3,(H,21,22). The van der Waals surface area contributed by atoms with Crippen molar-refractivity contribution in [1.29, 1.82) is 0 Å². The average molecular weight is 307 g/mol. The van der Waals surface area contributed by atoms with E-state index in [1.54, 1.807) is 6.20 Å². The first-order valence-electron chi connectivity index (χ1n) is 7.99. The Labute approximate surface area is 136 Å². The molecule has 0 amide bonds. The maximum absolute atomic E-state index is 5.82. The van der Waals surface area contributed by atoms with E-state index in [9.17, 15) is 0 Å². The second kappa shape index (κ2) is 7.09. The molecule has 4 nitrogen and oxygen atoms in total. The smallest absolute Gasteiger partial charge is 0.224 e. The molecule has 2 aromatic heterocycles. The summed E-state index contributed by atoms with van der Waals surface area (Å²) < 4.78 is 5.82. The number of aromatic amines is 1. The minimum atomic E-state index is 0.634. The number of benzene rings is 1. The highest BCUT2D eigenvalue weighted by Crippen LogP contribution is 2.29. The van der Waals surface area contributed by atoms with E-state index in [-0.39, 0.29) is 0 Å². The maximum atomic E-state index is 5.82. The van der Waals surface area contributed by atoms with E-state index in [1.165, 1.54) is 0 Å². The predicted octanol–water partition coefficient (Wildman–Crippen LogP) is 4.63. The summed E-state index contributed by atoms with van der Waals surface area (Å²) in [5.74, 6) is 1.43. The fraction of sp³-hybridized carbons (Fsp3) is 0.263. The molecule has 0 radical (unpaired) electrons. The maximum Gasteiger partial charge on any atom is 0.224 e. The number of nitrogens with one attached hydrogen (secondary N) is 1. The first-order valence-corrected chi connectivity index (χ1v) is 7.99. The summed E-state index contributed by atoms with van der Waals surface area (Å²) >= 11 is 0. The molecule has 0 unspecified atom stereocenters. The van der Waals surface area contributed by atoms with Gasteiger partial charge in [-0.15, -0.1) is 0 Å². The van der Waals surface area contributed by atoms with Crippen LogP contribution < -0.4 is 4.74 Å². The van der Waals surface area contributed by atoms with Crippen LogP contribution in [0.3, 0.4) is 0 Å². The van der Waals surface area contributed by atoms with Gasteiger partial charge in [-0.2, -0.15) is 0 Å². The molecule has 2 heterocycles. The summed E-state index contributed by atoms with van der Waals surface area (Å²) in [6.45, 7) is 4.85. The van der Waals surface area contributed by atoms with Crippen molar-refractivity contribution in [2.24, 2.45) is 0 Å². The minimum absolute atomic E-state index is 0.634. The van der Waals surface area contributed by atoms with Gasteiger partial charge in [0.2, 0.25) is 5.88 Å². The zero-order valence-electron chi connectivity index (χ0n) is 13.5. The topological polar surface area (TPSA) is 50.8 Å². The van der Waals surface area contributed by atoms with E-state index in [1.807, 2.05) is 37.3 Å². The molecule has 1 N–H and O–H groups in total. The van der Waals surface area contributed by atoms with Crippen molar-refractivity contribution in [2.75, 3.05) is 6.61 Å². The lowest BCUT2D eigenvalue weighted by Crippen LogP contribution is -2.00. The van der Waals surface area contributed by atoms with Gasteiger partial charge in [-0.1, -0.05) is 43.7 Å². The number of aryl methyl sites for hydroxylation is 1. The number of hydrogen-bond donors (Lipinski definition) is 1. The number of ether oxygens (including phenoxy) is 1. The Hall–Kier alpha value is -2.62. The van der Waals surface area contributed by atoms with Gasteiger partial charge in [-0.3, -0.25) is 0 Å². The second-order valence-corrected chi connectivity index (χ2v) is 5.48. The zero-order chi connectivity index (χ0) is 16.1. The second-order valence-electron chi connectivity index (χ2n) is 5.48. The van der Waals surface area contributed by atoms with Crippen LogP contribution in [0.25, 0.3) is 22.6 Å². The number of unbranched alkanes of at least 4 members (excludes halogenated alkanes) is 1. The van der Waals surface area contributed by atoms with Gasteiger partial charge in [0.15, 0.2) is 0 Å². The first-order chi connectivity index (χ1) is 11.3. The molecule has 0 aliphatic rings. The molecule has 0 saturated heterocycles. The highest BCUT2D eigenvalue weighted by atomic mass is 16.5. The lowest BCUT2D eigenvalue weighted by molar-refractivity contribution is 0.299. The normalized spacial score (nSPS) is 10.7. The Morgan fingerprint density at radius 3 is 2.70 bits per heavy atom. The highest BCUT2D eigenvalue weighted by Gasteiger charge is 2.14. The molecule has 1 aromatic carbocycles. The van der Waals surface area contributed by atoms with E-state index < -0.39 is 0 Å². The molecule has 0 aliphatic heterocycles. The Balaban J connectivity index is 1.94. The molecule has 0 fully saturated rings. The number of aromatic nitrogens is 3. The van der Waals surface area contributed by atoms with Crippen LogP contribution in [0, 0.1) is 6.92 Å². The Kier molecular flexibility index (Phi) is 4.71. The fourth-order valence-electron chi connectivity index (χ4n) is 2.46. The van der Waals surface area contributed by atoms with Crippen LogP contribution in [0.2, 0.25) is 0 Å². The molecule has 0 aliphatic carbocycles. The quantitative estimate of drug-likeness (QED) is 0.676. The molecule has 3 rings (SSSR count). The molecule has 118 valence electrons. The number of nitrogens with zero attached hydrogens (tertiary/aromatic N) is 2. The van der Waals surface area contributed by atoms with E-state index >= 15 is 0 Å². The molecule has 23 heavy (non-hydrogen) atoms. The molecule has 0 atom stereocenters. The van der Waals surface area contributed by atoms with Crippen molar-refractivity contribution >= 4 is 0 Å². The number of H-pyrrole nitrogens is 1. The van der Waals surface area contributed by atoms with Crippen molar-refractivity contribution in [3.05, 3.63) is 54.4 Å². The summed E-state index contributed by atoms with van der Waals surface area (Å²) in [7, 11) is 0. The Morgan fingerprint density at radius 1 is 1.09 bits per heavy atom. The van der Waals surface area contributed by atoms with Gasteiger partial charge in [-0.25, -0.2) is 9.97 Å². The molecular formula is C19H21N3O.